The van der Waals surface area contributed by atoms with Gasteiger partial charge in [0.2, 0.25) is 17.6 Å². The second kappa shape index (κ2) is 8.98. The number of methoxy groups -OCH3 is 1. The smallest absolute Gasteiger partial charge is 0.244 e. The molecule has 0 aromatic carbocycles. The highest BCUT2D eigenvalue weighted by atomic mass is 16.5. The molecule has 8 heteroatoms. The predicted molar refractivity (Wildman–Crippen MR) is 104 cm³/mol. The molecule has 2 aliphatic rings. The van der Waals surface area contributed by atoms with E-state index in [2.05, 4.69) is 27.0 Å². The van der Waals surface area contributed by atoms with Gasteiger partial charge in [-0.15, -0.1) is 0 Å². The molecule has 0 saturated carbocycles. The van der Waals surface area contributed by atoms with Gasteiger partial charge in [0.15, 0.2) is 0 Å². The van der Waals surface area contributed by atoms with E-state index in [1.807, 2.05) is 12.1 Å². The number of pyridine rings is 1. The van der Waals surface area contributed by atoms with Gasteiger partial charge in [-0.2, -0.15) is 4.98 Å². The van der Waals surface area contributed by atoms with Gasteiger partial charge in [0.1, 0.15) is 6.61 Å². The lowest BCUT2D eigenvalue weighted by Gasteiger charge is -2.37. The van der Waals surface area contributed by atoms with Crippen LogP contribution in [0, 0.1) is 0 Å². The summed E-state index contributed by atoms with van der Waals surface area (Å²) in [7, 11) is 3.84. The van der Waals surface area contributed by atoms with E-state index in [9.17, 15) is 0 Å². The second-order valence-electron chi connectivity index (χ2n) is 7.58. The molecule has 2 aromatic rings. The van der Waals surface area contributed by atoms with E-state index in [-0.39, 0.29) is 6.04 Å². The summed E-state index contributed by atoms with van der Waals surface area (Å²) in [4.78, 5) is 14.0. The molecular formula is C20H29N5O3. The molecule has 2 saturated heterocycles. The molecule has 4 heterocycles. The zero-order valence-electron chi connectivity index (χ0n) is 16.7. The Labute approximate surface area is 165 Å². The summed E-state index contributed by atoms with van der Waals surface area (Å²) in [6.07, 6.45) is 6.35. The van der Waals surface area contributed by atoms with Crippen molar-refractivity contribution in [1.82, 2.24) is 24.9 Å². The van der Waals surface area contributed by atoms with Crippen molar-refractivity contribution in [3.63, 3.8) is 0 Å². The lowest BCUT2D eigenvalue weighted by molar-refractivity contribution is 0.0958. The minimum Gasteiger partial charge on any atom is -0.475 e. The summed E-state index contributed by atoms with van der Waals surface area (Å²) in [6, 6.07) is 4.58. The highest BCUT2D eigenvalue weighted by Crippen LogP contribution is 2.36. The number of aromatic nitrogens is 3. The first kappa shape index (κ1) is 19.3. The predicted octanol–water partition coefficient (Wildman–Crippen LogP) is 2.39. The molecule has 0 N–H and O–H groups in total. The fourth-order valence-electron chi connectivity index (χ4n) is 4.20. The van der Waals surface area contributed by atoms with Crippen molar-refractivity contribution in [2.75, 3.05) is 47.0 Å². The summed E-state index contributed by atoms with van der Waals surface area (Å²) in [5, 5.41) is 4.24. The standard InChI is InChI=1S/C20H29N5O3/c1-24-11-7-15(8-12-24)25-10-4-6-17(25)20-22-18(23-28-20)16-5-3-9-21-19(16)27-14-13-26-2/h3,5,9,15,17H,4,6-8,10-14H2,1-2H3. The number of hydrogen-bond acceptors (Lipinski definition) is 8. The average molecular weight is 387 g/mol. The molecule has 2 fully saturated rings. The summed E-state index contributed by atoms with van der Waals surface area (Å²) >= 11 is 0. The Bertz CT molecular complexity index is 760. The maximum absolute atomic E-state index is 5.72. The molecule has 4 rings (SSSR count). The van der Waals surface area contributed by atoms with Crippen molar-refractivity contribution in [3.05, 3.63) is 24.2 Å². The van der Waals surface area contributed by atoms with E-state index in [0.717, 1.165) is 31.6 Å². The molecule has 2 aromatic heterocycles. The first-order chi connectivity index (χ1) is 13.8. The summed E-state index contributed by atoms with van der Waals surface area (Å²) < 4.78 is 16.5. The molecule has 0 bridgehead atoms. The van der Waals surface area contributed by atoms with E-state index >= 15 is 0 Å². The van der Waals surface area contributed by atoms with Gasteiger partial charge in [-0.3, -0.25) is 4.90 Å². The van der Waals surface area contributed by atoms with E-state index in [0.29, 0.717) is 36.9 Å². The molecule has 2 aliphatic heterocycles. The topological polar surface area (TPSA) is 76.8 Å². The Morgan fingerprint density at radius 3 is 2.86 bits per heavy atom. The van der Waals surface area contributed by atoms with Gasteiger partial charge >= 0.3 is 0 Å². The van der Waals surface area contributed by atoms with Crippen molar-refractivity contribution in [2.45, 2.75) is 37.8 Å². The average Bonchev–Trinajstić information content (AvgIpc) is 3.39. The van der Waals surface area contributed by atoms with Crippen LogP contribution in [-0.4, -0.2) is 78.0 Å². The van der Waals surface area contributed by atoms with Crippen LogP contribution in [0.3, 0.4) is 0 Å². The fourth-order valence-corrected chi connectivity index (χ4v) is 4.20. The van der Waals surface area contributed by atoms with Gasteiger partial charge in [0.05, 0.1) is 18.2 Å². The molecule has 152 valence electrons. The van der Waals surface area contributed by atoms with E-state index in [4.69, 9.17) is 19.0 Å². The van der Waals surface area contributed by atoms with Crippen LogP contribution >= 0.6 is 0 Å². The van der Waals surface area contributed by atoms with Crippen molar-refractivity contribution >= 4 is 0 Å². The monoisotopic (exact) mass is 387 g/mol. The van der Waals surface area contributed by atoms with Gasteiger partial charge in [0, 0.05) is 19.3 Å². The Morgan fingerprint density at radius 2 is 2.04 bits per heavy atom. The molecule has 8 nitrogen and oxygen atoms in total. The van der Waals surface area contributed by atoms with Gasteiger partial charge in [-0.1, -0.05) is 5.16 Å². The van der Waals surface area contributed by atoms with Crippen LogP contribution in [0.2, 0.25) is 0 Å². The summed E-state index contributed by atoms with van der Waals surface area (Å²) in [5.41, 5.74) is 0.748. The first-order valence-electron chi connectivity index (χ1n) is 10.1. The molecular weight excluding hydrogens is 358 g/mol. The molecule has 1 unspecified atom stereocenters. The van der Waals surface area contributed by atoms with Crippen molar-refractivity contribution in [3.8, 4) is 17.3 Å². The van der Waals surface area contributed by atoms with E-state index in [1.165, 1.54) is 19.3 Å². The zero-order valence-corrected chi connectivity index (χ0v) is 16.7. The number of ether oxygens (including phenoxy) is 2. The van der Waals surface area contributed by atoms with Crippen molar-refractivity contribution in [1.29, 1.82) is 0 Å². The molecule has 0 aliphatic carbocycles. The number of likely N-dealkylation sites (tertiary alicyclic amines) is 2. The van der Waals surface area contributed by atoms with E-state index in [1.54, 1.807) is 13.3 Å². The quantitative estimate of drug-likeness (QED) is 0.670. The Balaban J connectivity index is 1.50. The lowest BCUT2D eigenvalue weighted by atomic mass is 10.0. The summed E-state index contributed by atoms with van der Waals surface area (Å²) in [6.45, 7) is 4.34. The summed E-state index contributed by atoms with van der Waals surface area (Å²) in [5.74, 6) is 1.74. The second-order valence-corrected chi connectivity index (χ2v) is 7.58. The van der Waals surface area contributed by atoms with Crippen molar-refractivity contribution < 1.29 is 14.0 Å². The number of piperidine rings is 1. The molecule has 1 atom stereocenters. The molecule has 0 spiro atoms. The SMILES string of the molecule is COCCOc1ncccc1-c1noc(C2CCCN2C2CCN(C)CC2)n1. The van der Waals surface area contributed by atoms with Crippen LogP contribution in [0.5, 0.6) is 5.88 Å². The van der Waals surface area contributed by atoms with Crippen LogP contribution in [0.25, 0.3) is 11.4 Å². The van der Waals surface area contributed by atoms with Crippen LogP contribution < -0.4 is 4.74 Å². The Kier molecular flexibility index (Phi) is 6.19. The van der Waals surface area contributed by atoms with Crippen LogP contribution in [-0.2, 0) is 4.74 Å². The molecule has 0 radical (unpaired) electrons. The first-order valence-corrected chi connectivity index (χ1v) is 10.1. The van der Waals surface area contributed by atoms with Crippen LogP contribution in [0.1, 0.15) is 37.6 Å². The largest absolute Gasteiger partial charge is 0.475 e. The Morgan fingerprint density at radius 1 is 1.18 bits per heavy atom. The Hall–Kier alpha value is -2.03. The fraction of sp³-hybridized carbons (Fsp3) is 0.650. The lowest BCUT2D eigenvalue weighted by Crippen LogP contribution is -2.43. The van der Waals surface area contributed by atoms with Gasteiger partial charge in [0.25, 0.3) is 0 Å². The molecule has 0 amide bonds. The van der Waals surface area contributed by atoms with Crippen molar-refractivity contribution in [2.24, 2.45) is 0 Å². The normalized spacial score (nSPS) is 22.0. The highest BCUT2D eigenvalue weighted by Gasteiger charge is 2.36. The third-order valence-electron chi connectivity index (χ3n) is 5.72. The zero-order chi connectivity index (χ0) is 19.3. The maximum atomic E-state index is 5.72. The minimum absolute atomic E-state index is 0.212. The minimum atomic E-state index is 0.212. The third-order valence-corrected chi connectivity index (χ3v) is 5.72. The van der Waals surface area contributed by atoms with Crippen LogP contribution in [0.4, 0.5) is 0 Å². The van der Waals surface area contributed by atoms with Gasteiger partial charge < -0.3 is 18.9 Å². The maximum Gasteiger partial charge on any atom is 0.244 e. The van der Waals surface area contributed by atoms with E-state index < -0.39 is 0 Å². The number of rotatable bonds is 7. The highest BCUT2D eigenvalue weighted by molar-refractivity contribution is 5.60. The van der Waals surface area contributed by atoms with Gasteiger partial charge in [-0.05, 0) is 64.5 Å². The third kappa shape index (κ3) is 4.19. The van der Waals surface area contributed by atoms with Crippen LogP contribution in [0.15, 0.2) is 22.9 Å². The van der Waals surface area contributed by atoms with Gasteiger partial charge in [-0.25, -0.2) is 4.98 Å². The number of hydrogen-bond donors (Lipinski definition) is 0. The molecule has 28 heavy (non-hydrogen) atoms. The number of nitrogens with zero attached hydrogens (tertiary/aromatic N) is 5.